The third-order valence-electron chi connectivity index (χ3n) is 19.7. The van der Waals surface area contributed by atoms with E-state index in [0.717, 1.165) is 63.7 Å². The van der Waals surface area contributed by atoms with E-state index in [1.165, 1.54) is 19.6 Å². The Bertz CT molecular complexity index is 1910. The van der Waals surface area contributed by atoms with Gasteiger partial charge in [-0.3, -0.25) is 58.0 Å². The minimum Gasteiger partial charge on any atom is -0.285 e. The summed E-state index contributed by atoms with van der Waals surface area (Å²) in [5, 5.41) is 0. The normalized spacial score (nSPS) is 45.2. The number of amides is 8. The standard InChI is InChI=1S/C13H19NO2.C13H21NO2.C13H17NO2.C12H17NO2/c1-7-8(2)10-4-9(7)5-13(10)6-11(15)14(3)12(13)16;2*1-4-9-6-10(5-2)13(7-9)8-11(15)14(3)12(13)16;1-5-6(2)8-4-7(5)9-10(8)12(15)13(3)11(9)14/h7-10H,4-6H2,1-3H3;9-10H,4-8H2,1-3H3;4-5,9-10H,1-2,6-8H2,3H3;5-10H,4H2,1-3H3. The van der Waals surface area contributed by atoms with Crippen LogP contribution in [0.3, 0.4) is 0 Å². The van der Waals surface area contributed by atoms with E-state index >= 15 is 0 Å². The van der Waals surface area contributed by atoms with Gasteiger partial charge in [0.2, 0.25) is 47.3 Å². The number of allylic oxidation sites excluding steroid dienone is 2. The Labute approximate surface area is 375 Å². The van der Waals surface area contributed by atoms with Crippen LogP contribution in [-0.4, -0.2) is 95.0 Å². The molecule has 8 amide bonds. The average Bonchev–Trinajstić information content (AvgIpc) is 4.18. The lowest BCUT2D eigenvalue weighted by Crippen LogP contribution is -2.41. The van der Waals surface area contributed by atoms with E-state index in [0.29, 0.717) is 78.4 Å². The van der Waals surface area contributed by atoms with Crippen molar-refractivity contribution >= 4 is 47.3 Å². The van der Waals surface area contributed by atoms with Gasteiger partial charge >= 0.3 is 0 Å². The van der Waals surface area contributed by atoms with E-state index in [1.54, 1.807) is 28.2 Å². The molecule has 3 spiro atoms. The predicted octanol–water partition coefficient (Wildman–Crippen LogP) is 6.78. The number of fused-ring (bicyclic) bond motifs is 8. The summed E-state index contributed by atoms with van der Waals surface area (Å²) in [5.74, 6) is 6.42. The van der Waals surface area contributed by atoms with E-state index in [1.807, 2.05) is 12.2 Å². The lowest BCUT2D eigenvalue weighted by molar-refractivity contribution is -0.143. The summed E-state index contributed by atoms with van der Waals surface area (Å²) in [7, 11) is 6.48. The SMILES string of the molecule is C=CC1CC(C=C)C2(CC(=O)N(C)C2=O)C1.CC1C(C)C2CC1C1C(=O)N(C)C(=O)C21.CC1C2CC(C1C)C1(CC(=O)N(C)C1=O)C2.CCC1CC(CC)C2(CC(=O)N(C)C2=O)C1. The van der Waals surface area contributed by atoms with Crippen molar-refractivity contribution in [2.24, 2.45) is 99.1 Å². The molecule has 12 heteroatoms. The van der Waals surface area contributed by atoms with Crippen molar-refractivity contribution in [3.05, 3.63) is 25.3 Å². The highest BCUT2D eigenvalue weighted by Crippen LogP contribution is 2.65. The average molecular weight is 871 g/mol. The Morgan fingerprint density at radius 2 is 1.03 bits per heavy atom. The van der Waals surface area contributed by atoms with Crippen molar-refractivity contribution in [1.82, 2.24) is 19.6 Å². The van der Waals surface area contributed by atoms with Crippen molar-refractivity contribution in [3.63, 3.8) is 0 Å². The number of likely N-dealkylation sites (tertiary alicyclic amines) is 4. The van der Waals surface area contributed by atoms with Crippen molar-refractivity contribution in [2.75, 3.05) is 28.2 Å². The molecule has 0 radical (unpaired) electrons. The van der Waals surface area contributed by atoms with Gasteiger partial charge in [0.15, 0.2) is 0 Å². The third-order valence-corrected chi connectivity index (χ3v) is 19.7. The van der Waals surface area contributed by atoms with Crippen LogP contribution in [-0.2, 0) is 38.4 Å². The van der Waals surface area contributed by atoms with Crippen LogP contribution in [0.15, 0.2) is 25.3 Å². The second-order valence-corrected chi connectivity index (χ2v) is 22.0. The second kappa shape index (κ2) is 16.8. The minimum atomic E-state index is -0.521. The molecule has 10 aliphatic rings. The fourth-order valence-electron chi connectivity index (χ4n) is 15.5. The van der Waals surface area contributed by atoms with Gasteiger partial charge in [0, 0.05) is 47.5 Å². The van der Waals surface area contributed by atoms with E-state index in [2.05, 4.69) is 54.7 Å². The molecule has 12 nitrogen and oxygen atoms in total. The number of carbonyl (C=O) groups excluding carboxylic acids is 8. The predicted molar refractivity (Wildman–Crippen MR) is 237 cm³/mol. The number of hydrogen-bond donors (Lipinski definition) is 0. The number of imide groups is 4. The minimum absolute atomic E-state index is 0.0141. The first-order valence-corrected chi connectivity index (χ1v) is 24.1. The number of hydrogen-bond acceptors (Lipinski definition) is 8. The van der Waals surface area contributed by atoms with Gasteiger partial charge in [-0.05, 0) is 116 Å². The Balaban J connectivity index is 0.000000126. The molecule has 4 aliphatic heterocycles. The van der Waals surface area contributed by atoms with E-state index in [-0.39, 0.29) is 75.8 Å². The summed E-state index contributed by atoms with van der Waals surface area (Å²) in [6, 6.07) is 0. The highest BCUT2D eigenvalue weighted by molar-refractivity contribution is 6.08. The molecule has 6 saturated carbocycles. The highest BCUT2D eigenvalue weighted by atomic mass is 16.2. The Kier molecular flexibility index (Phi) is 12.5. The van der Waals surface area contributed by atoms with Gasteiger partial charge in [-0.25, -0.2) is 0 Å². The topological polar surface area (TPSA) is 150 Å². The van der Waals surface area contributed by atoms with Crippen LogP contribution >= 0.6 is 0 Å². The number of rotatable bonds is 4. The lowest BCUT2D eigenvalue weighted by Gasteiger charge is -2.37. The van der Waals surface area contributed by atoms with Gasteiger partial charge in [-0.15, -0.1) is 13.2 Å². The van der Waals surface area contributed by atoms with Gasteiger partial charge in [-0.2, -0.15) is 0 Å². The highest BCUT2D eigenvalue weighted by Gasteiger charge is 2.66. The fourth-order valence-corrected chi connectivity index (χ4v) is 15.5. The zero-order valence-corrected chi connectivity index (χ0v) is 39.7. The summed E-state index contributed by atoms with van der Waals surface area (Å²) in [6.07, 6.45) is 14.0. The zero-order chi connectivity index (χ0) is 46.4. The molecule has 0 aromatic carbocycles. The maximum atomic E-state index is 12.3. The molecule has 10 fully saturated rings. The summed E-state index contributed by atoms with van der Waals surface area (Å²) in [4.78, 5) is 101. The van der Waals surface area contributed by atoms with Crippen molar-refractivity contribution in [1.29, 1.82) is 0 Å². The van der Waals surface area contributed by atoms with Crippen LogP contribution in [0, 0.1) is 99.1 Å². The molecule has 63 heavy (non-hydrogen) atoms. The van der Waals surface area contributed by atoms with Crippen LogP contribution in [0.1, 0.15) is 119 Å². The largest absolute Gasteiger partial charge is 0.285 e. The second-order valence-electron chi connectivity index (χ2n) is 22.0. The molecule has 4 heterocycles. The maximum Gasteiger partial charge on any atom is 0.236 e. The molecule has 0 aromatic rings. The van der Waals surface area contributed by atoms with Gasteiger partial charge in [0.25, 0.3) is 0 Å². The molecule has 6 aliphatic carbocycles. The van der Waals surface area contributed by atoms with E-state index in [4.69, 9.17) is 0 Å². The van der Waals surface area contributed by atoms with Crippen LogP contribution in [0.2, 0.25) is 0 Å². The quantitative estimate of drug-likeness (QED) is 0.222. The van der Waals surface area contributed by atoms with Gasteiger partial charge in [0.05, 0.1) is 28.1 Å². The summed E-state index contributed by atoms with van der Waals surface area (Å²) >= 11 is 0. The fraction of sp³-hybridized carbons (Fsp3) is 0.765. The zero-order valence-electron chi connectivity index (χ0n) is 39.7. The molecule has 10 rings (SSSR count). The molecule has 4 bridgehead atoms. The molecular weight excluding hydrogens is 797 g/mol. The van der Waals surface area contributed by atoms with Gasteiger partial charge in [-0.1, -0.05) is 66.5 Å². The number of nitrogens with zero attached hydrogens (tertiary/aromatic N) is 4. The molecule has 0 aromatic heterocycles. The van der Waals surface area contributed by atoms with Crippen LogP contribution in [0.4, 0.5) is 0 Å². The molecule has 0 N–H and O–H groups in total. The molecule has 346 valence electrons. The van der Waals surface area contributed by atoms with Gasteiger partial charge in [0.1, 0.15) is 0 Å². The van der Waals surface area contributed by atoms with Gasteiger partial charge < -0.3 is 0 Å². The lowest BCUT2D eigenvalue weighted by atomic mass is 9.65. The summed E-state index contributed by atoms with van der Waals surface area (Å²) < 4.78 is 0. The van der Waals surface area contributed by atoms with Crippen molar-refractivity contribution in [2.45, 2.75) is 119 Å². The monoisotopic (exact) mass is 871 g/mol. The molecule has 17 atom stereocenters. The van der Waals surface area contributed by atoms with Crippen molar-refractivity contribution in [3.8, 4) is 0 Å². The van der Waals surface area contributed by atoms with E-state index < -0.39 is 5.41 Å². The first-order valence-electron chi connectivity index (χ1n) is 24.1. The van der Waals surface area contributed by atoms with Crippen LogP contribution in [0.25, 0.3) is 0 Å². The maximum absolute atomic E-state index is 12.3. The summed E-state index contributed by atoms with van der Waals surface area (Å²) in [5.41, 5.74) is -1.16. The molecule has 17 unspecified atom stereocenters. The Morgan fingerprint density at radius 1 is 0.540 bits per heavy atom. The number of carbonyl (C=O) groups is 8. The Hall–Kier alpha value is -3.96. The smallest absolute Gasteiger partial charge is 0.236 e. The van der Waals surface area contributed by atoms with Crippen LogP contribution in [0.5, 0.6) is 0 Å². The first-order chi connectivity index (χ1) is 29.6. The summed E-state index contributed by atoms with van der Waals surface area (Å²) in [6.45, 7) is 20.9. The Morgan fingerprint density at radius 3 is 1.43 bits per heavy atom. The molecular formula is C51H74N4O8. The third kappa shape index (κ3) is 6.94. The molecule has 4 saturated heterocycles. The van der Waals surface area contributed by atoms with Crippen molar-refractivity contribution < 1.29 is 38.4 Å². The van der Waals surface area contributed by atoms with E-state index in [9.17, 15) is 38.4 Å². The van der Waals surface area contributed by atoms with Crippen LogP contribution < -0.4 is 0 Å². The first kappa shape index (κ1) is 47.0.